The first-order chi connectivity index (χ1) is 16.9. The van der Waals surface area contributed by atoms with E-state index in [0.717, 1.165) is 42.2 Å². The Bertz CT molecular complexity index is 1410. The van der Waals surface area contributed by atoms with Crippen LogP contribution in [0.4, 0.5) is 8.78 Å². The Morgan fingerprint density at radius 2 is 1.91 bits per heavy atom. The number of nitrogens with one attached hydrogen (secondary N) is 1. The molecule has 0 aliphatic heterocycles. The van der Waals surface area contributed by atoms with Crippen LogP contribution in [0.15, 0.2) is 48.9 Å². The highest BCUT2D eigenvalue weighted by Crippen LogP contribution is 2.30. The highest BCUT2D eigenvalue weighted by atomic mass is 19.2. The van der Waals surface area contributed by atoms with Crippen molar-refractivity contribution < 1.29 is 13.6 Å². The lowest BCUT2D eigenvalue weighted by Gasteiger charge is -2.23. The van der Waals surface area contributed by atoms with Crippen molar-refractivity contribution in [3.8, 4) is 11.1 Å². The molecule has 0 bridgehead atoms. The van der Waals surface area contributed by atoms with Gasteiger partial charge in [-0.15, -0.1) is 0 Å². The van der Waals surface area contributed by atoms with Gasteiger partial charge in [-0.3, -0.25) is 14.5 Å². The third-order valence-corrected chi connectivity index (χ3v) is 7.01. The smallest absolute Gasteiger partial charge is 0.253 e. The van der Waals surface area contributed by atoms with Crippen LogP contribution < -0.4 is 5.32 Å². The molecule has 1 aliphatic carbocycles. The van der Waals surface area contributed by atoms with E-state index >= 15 is 4.39 Å². The highest BCUT2D eigenvalue weighted by Gasteiger charge is 2.22. The molecule has 1 fully saturated rings. The van der Waals surface area contributed by atoms with Crippen LogP contribution >= 0.6 is 0 Å². The van der Waals surface area contributed by atoms with Crippen molar-refractivity contribution in [2.45, 2.75) is 51.5 Å². The summed E-state index contributed by atoms with van der Waals surface area (Å²) >= 11 is 0. The van der Waals surface area contributed by atoms with E-state index in [4.69, 9.17) is 0 Å². The maximum absolute atomic E-state index is 15.2. The lowest BCUT2D eigenvalue weighted by Crippen LogP contribution is -2.36. The van der Waals surface area contributed by atoms with E-state index in [1.54, 1.807) is 42.3 Å². The van der Waals surface area contributed by atoms with Crippen molar-refractivity contribution in [1.82, 2.24) is 20.1 Å². The van der Waals surface area contributed by atoms with Crippen molar-refractivity contribution in [2.24, 2.45) is 7.05 Å². The van der Waals surface area contributed by atoms with Crippen molar-refractivity contribution in [3.05, 3.63) is 82.8 Å². The molecule has 2 heterocycles. The largest absolute Gasteiger partial charge is 0.349 e. The van der Waals surface area contributed by atoms with Crippen LogP contribution in [0.25, 0.3) is 22.0 Å². The van der Waals surface area contributed by atoms with E-state index in [9.17, 15) is 9.18 Å². The zero-order valence-corrected chi connectivity index (χ0v) is 19.9. The van der Waals surface area contributed by atoms with Gasteiger partial charge in [-0.25, -0.2) is 8.78 Å². The van der Waals surface area contributed by atoms with Crippen LogP contribution in [-0.2, 0) is 13.5 Å². The zero-order valence-electron chi connectivity index (χ0n) is 19.9. The molecular formula is C28H28F2N4O. The number of hydrogen-bond donors (Lipinski definition) is 1. The first kappa shape index (κ1) is 23.1. The van der Waals surface area contributed by atoms with Gasteiger partial charge in [0.05, 0.1) is 17.3 Å². The number of pyridine rings is 1. The molecule has 1 saturated carbocycles. The van der Waals surface area contributed by atoms with E-state index in [1.165, 1.54) is 12.6 Å². The van der Waals surface area contributed by atoms with Crippen LogP contribution in [0.2, 0.25) is 0 Å². The minimum atomic E-state index is -0.897. The monoisotopic (exact) mass is 474 g/mol. The van der Waals surface area contributed by atoms with Crippen molar-refractivity contribution >= 4 is 16.8 Å². The first-order valence-electron chi connectivity index (χ1n) is 12.1. The second-order valence-corrected chi connectivity index (χ2v) is 9.40. The van der Waals surface area contributed by atoms with Crippen LogP contribution in [0, 0.1) is 18.6 Å². The lowest BCUT2D eigenvalue weighted by molar-refractivity contribution is 0.0929. The van der Waals surface area contributed by atoms with Gasteiger partial charge < -0.3 is 5.32 Å². The third kappa shape index (κ3) is 4.55. The van der Waals surface area contributed by atoms with Crippen LogP contribution in [0.5, 0.6) is 0 Å². The molecule has 180 valence electrons. The predicted molar refractivity (Wildman–Crippen MR) is 132 cm³/mol. The standard InChI is InChI=1S/C28H28F2N4O/c1-17-19(13-18-10-11-23(26(30)25(18)29)20-15-32-34(2)16-20)14-24(27-22(17)9-6-12-31-27)28(35)33-21-7-4-3-5-8-21/h6,9-12,14-16,21H,3-5,7-8,13H2,1-2H3,(H,33,35). The fraction of sp³-hybridized carbons (Fsp3) is 0.321. The number of carbonyl (C=O) groups excluding carboxylic acids is 1. The van der Waals surface area contributed by atoms with Crippen LogP contribution in [0.1, 0.15) is 59.2 Å². The maximum Gasteiger partial charge on any atom is 0.253 e. The van der Waals surface area contributed by atoms with Gasteiger partial charge in [0, 0.05) is 48.4 Å². The highest BCUT2D eigenvalue weighted by molar-refractivity contribution is 6.06. The number of carbonyl (C=O) groups is 1. The van der Waals surface area contributed by atoms with E-state index in [-0.39, 0.29) is 29.5 Å². The molecule has 5 nitrogen and oxygen atoms in total. The number of rotatable bonds is 5. The fourth-order valence-electron chi connectivity index (χ4n) is 5.03. The van der Waals surface area contributed by atoms with Crippen molar-refractivity contribution in [1.29, 1.82) is 0 Å². The van der Waals surface area contributed by atoms with Gasteiger partial charge in [-0.2, -0.15) is 5.10 Å². The normalized spacial score (nSPS) is 14.4. The Morgan fingerprint density at radius 1 is 1.11 bits per heavy atom. The summed E-state index contributed by atoms with van der Waals surface area (Å²) in [5.41, 5.74) is 3.70. The Kier molecular flexibility index (Phi) is 6.32. The summed E-state index contributed by atoms with van der Waals surface area (Å²) in [5.74, 6) is -1.95. The maximum atomic E-state index is 15.2. The summed E-state index contributed by atoms with van der Waals surface area (Å²) in [6.07, 6.45) is 10.4. The molecule has 4 aromatic rings. The summed E-state index contributed by atoms with van der Waals surface area (Å²) in [6.45, 7) is 1.93. The Labute approximate surface area is 203 Å². The molecule has 1 aliphatic rings. The second kappa shape index (κ2) is 9.56. The first-order valence-corrected chi connectivity index (χ1v) is 12.1. The van der Waals surface area contributed by atoms with Gasteiger partial charge in [-0.05, 0) is 48.6 Å². The summed E-state index contributed by atoms with van der Waals surface area (Å²) in [7, 11) is 1.73. The molecule has 0 unspecified atom stereocenters. The second-order valence-electron chi connectivity index (χ2n) is 9.40. The number of hydrogen-bond acceptors (Lipinski definition) is 3. The van der Waals surface area contributed by atoms with E-state index in [1.807, 2.05) is 19.1 Å². The number of aryl methyl sites for hydroxylation is 2. The average Bonchev–Trinajstić information content (AvgIpc) is 3.30. The molecule has 0 saturated heterocycles. The average molecular weight is 475 g/mol. The third-order valence-electron chi connectivity index (χ3n) is 7.01. The number of nitrogens with zero attached hydrogens (tertiary/aromatic N) is 3. The zero-order chi connectivity index (χ0) is 24.5. The fourth-order valence-corrected chi connectivity index (χ4v) is 5.03. The number of aromatic nitrogens is 3. The quantitative estimate of drug-likeness (QED) is 0.393. The van der Waals surface area contributed by atoms with Crippen molar-refractivity contribution in [2.75, 3.05) is 0 Å². The Morgan fingerprint density at radius 3 is 2.66 bits per heavy atom. The van der Waals surface area contributed by atoms with Crippen LogP contribution in [-0.4, -0.2) is 26.7 Å². The van der Waals surface area contributed by atoms with Gasteiger partial charge in [0.15, 0.2) is 11.6 Å². The summed E-state index contributed by atoms with van der Waals surface area (Å²) < 4.78 is 31.7. The molecule has 1 N–H and O–H groups in total. The minimum absolute atomic E-state index is 0.159. The van der Waals surface area contributed by atoms with Gasteiger partial charge in [-0.1, -0.05) is 37.5 Å². The Hall–Kier alpha value is -3.61. The molecule has 0 spiro atoms. The molecular weight excluding hydrogens is 446 g/mol. The number of amides is 1. The SMILES string of the molecule is Cc1c(Cc2ccc(-c3cnn(C)c3)c(F)c2F)cc(C(=O)NC2CCCCC2)c2ncccc12. The molecule has 0 atom stereocenters. The number of halogens is 2. The van der Waals surface area contributed by atoms with Crippen molar-refractivity contribution in [3.63, 3.8) is 0 Å². The van der Waals surface area contributed by atoms with E-state index in [0.29, 0.717) is 16.6 Å². The molecule has 35 heavy (non-hydrogen) atoms. The summed E-state index contributed by atoms with van der Waals surface area (Å²) in [4.78, 5) is 17.8. The molecule has 2 aromatic heterocycles. The summed E-state index contributed by atoms with van der Waals surface area (Å²) in [6, 6.07) is 8.88. The van der Waals surface area contributed by atoms with E-state index in [2.05, 4.69) is 15.4 Å². The molecule has 0 radical (unpaired) electrons. The lowest BCUT2D eigenvalue weighted by atomic mass is 9.92. The van der Waals surface area contributed by atoms with E-state index < -0.39 is 11.6 Å². The Balaban J connectivity index is 1.51. The van der Waals surface area contributed by atoms with Gasteiger partial charge >= 0.3 is 0 Å². The van der Waals surface area contributed by atoms with Gasteiger partial charge in [0.25, 0.3) is 5.91 Å². The topological polar surface area (TPSA) is 59.8 Å². The molecule has 1 amide bonds. The minimum Gasteiger partial charge on any atom is -0.349 e. The molecule has 2 aromatic carbocycles. The number of fused-ring (bicyclic) bond motifs is 1. The van der Waals surface area contributed by atoms with Crippen LogP contribution in [0.3, 0.4) is 0 Å². The summed E-state index contributed by atoms with van der Waals surface area (Å²) in [5, 5.41) is 8.05. The molecule has 5 rings (SSSR count). The van der Waals surface area contributed by atoms with Gasteiger partial charge in [0.2, 0.25) is 0 Å². The predicted octanol–water partition coefficient (Wildman–Crippen LogP) is 5.88. The molecule has 7 heteroatoms. The number of benzene rings is 2. The van der Waals surface area contributed by atoms with Gasteiger partial charge in [0.1, 0.15) is 0 Å².